The highest BCUT2D eigenvalue weighted by Crippen LogP contribution is 2.19. The second-order valence-corrected chi connectivity index (χ2v) is 6.95. The summed E-state index contributed by atoms with van der Waals surface area (Å²) >= 11 is 1.16. The van der Waals surface area contributed by atoms with E-state index in [1.54, 1.807) is 18.4 Å². The van der Waals surface area contributed by atoms with Crippen LogP contribution < -0.4 is 10.1 Å². The summed E-state index contributed by atoms with van der Waals surface area (Å²) in [5.41, 5.74) is 2.45. The number of hydrazone groups is 1. The first-order valence-electron chi connectivity index (χ1n) is 6.89. The van der Waals surface area contributed by atoms with Crippen LogP contribution in [0.4, 0.5) is 10.8 Å². The van der Waals surface area contributed by atoms with Crippen LogP contribution in [0.15, 0.2) is 45.8 Å². The zero-order valence-corrected chi connectivity index (χ0v) is 14.6. The second kappa shape index (κ2) is 8.22. The molecule has 0 aliphatic rings. The van der Waals surface area contributed by atoms with Crippen LogP contribution in [0.2, 0.25) is 0 Å². The molecule has 2 N–H and O–H groups in total. The van der Waals surface area contributed by atoms with Gasteiger partial charge in [0.15, 0.2) is 5.13 Å². The van der Waals surface area contributed by atoms with E-state index in [1.807, 2.05) is 0 Å². The average molecular weight is 379 g/mol. The van der Waals surface area contributed by atoms with E-state index in [0.717, 1.165) is 11.3 Å². The number of thiazole rings is 1. The quantitative estimate of drug-likeness (QED) is 0.425. The fourth-order valence-corrected chi connectivity index (χ4v) is 3.38. The second-order valence-electron chi connectivity index (χ2n) is 4.37. The topological polar surface area (TPSA) is 134 Å². The third-order valence-electron chi connectivity index (χ3n) is 2.69. The van der Waals surface area contributed by atoms with Crippen LogP contribution in [0.3, 0.4) is 0 Å². The molecule has 1 aromatic heterocycles. The van der Waals surface area contributed by atoms with Crippen LogP contribution in [0.5, 0.6) is 0 Å². The largest absolute Gasteiger partial charge is 0.461 e. The third kappa shape index (κ3) is 5.00. The number of aromatic nitrogens is 1. The van der Waals surface area contributed by atoms with Gasteiger partial charge in [-0.25, -0.2) is 18.2 Å². The van der Waals surface area contributed by atoms with Gasteiger partial charge in [0.2, 0.25) is 5.71 Å². The molecule has 0 radical (unpaired) electrons. The molecule has 11 heteroatoms. The standard InChI is InChI=1S/C14H13N5O4S2/c1-2-23-13(20)12(9-15)18-17-10-3-5-11(6-4-10)25(21,22)19-14-16-7-8-24-14/h3-8,17H,2H2,1H3,(H,16,19). The molecule has 0 saturated heterocycles. The Morgan fingerprint density at radius 2 is 2.12 bits per heavy atom. The Bertz CT molecular complexity index is 900. The number of hydrogen-bond acceptors (Lipinski definition) is 9. The first-order valence-corrected chi connectivity index (χ1v) is 9.26. The Morgan fingerprint density at radius 1 is 1.40 bits per heavy atom. The van der Waals surface area contributed by atoms with Crippen molar-refractivity contribution in [2.24, 2.45) is 5.10 Å². The van der Waals surface area contributed by atoms with Gasteiger partial charge in [-0.05, 0) is 31.2 Å². The van der Waals surface area contributed by atoms with Gasteiger partial charge in [0, 0.05) is 11.6 Å². The number of nitrogens with one attached hydrogen (secondary N) is 2. The van der Waals surface area contributed by atoms with Gasteiger partial charge >= 0.3 is 5.97 Å². The van der Waals surface area contributed by atoms with Crippen molar-refractivity contribution in [1.82, 2.24) is 4.98 Å². The zero-order chi connectivity index (χ0) is 18.3. The Morgan fingerprint density at radius 3 is 2.68 bits per heavy atom. The van der Waals surface area contributed by atoms with Crippen LogP contribution in [-0.2, 0) is 19.6 Å². The molecule has 0 spiro atoms. The summed E-state index contributed by atoms with van der Waals surface area (Å²) in [7, 11) is -3.75. The number of anilines is 2. The molecule has 0 saturated carbocycles. The molecule has 25 heavy (non-hydrogen) atoms. The van der Waals surface area contributed by atoms with Crippen molar-refractivity contribution in [3.8, 4) is 6.07 Å². The summed E-state index contributed by atoms with van der Waals surface area (Å²) in [6, 6.07) is 7.21. The number of sulfonamides is 1. The summed E-state index contributed by atoms with van der Waals surface area (Å²) < 4.78 is 31.4. The van der Waals surface area contributed by atoms with Gasteiger partial charge in [-0.2, -0.15) is 10.4 Å². The minimum Gasteiger partial charge on any atom is -0.461 e. The van der Waals surface area contributed by atoms with Crippen LogP contribution in [0.25, 0.3) is 0 Å². The molecule has 9 nitrogen and oxygen atoms in total. The molecule has 0 atom stereocenters. The maximum Gasteiger partial charge on any atom is 0.369 e. The average Bonchev–Trinajstić information content (AvgIpc) is 3.08. The third-order valence-corrected chi connectivity index (χ3v) is 4.86. The molecular weight excluding hydrogens is 366 g/mol. The molecule has 0 aliphatic carbocycles. The maximum absolute atomic E-state index is 12.2. The minimum atomic E-state index is -3.75. The number of ether oxygens (including phenoxy) is 1. The number of carbonyl (C=O) groups is 1. The van der Waals surface area contributed by atoms with Crippen molar-refractivity contribution in [2.45, 2.75) is 11.8 Å². The Labute approximate surface area is 148 Å². The highest BCUT2D eigenvalue weighted by Gasteiger charge is 2.15. The predicted molar refractivity (Wildman–Crippen MR) is 92.7 cm³/mol. The van der Waals surface area contributed by atoms with E-state index in [-0.39, 0.29) is 16.6 Å². The van der Waals surface area contributed by atoms with E-state index in [0.29, 0.717) is 5.69 Å². The Kier molecular flexibility index (Phi) is 6.04. The number of rotatable bonds is 7. The van der Waals surface area contributed by atoms with E-state index in [4.69, 9.17) is 5.26 Å². The van der Waals surface area contributed by atoms with E-state index < -0.39 is 21.7 Å². The van der Waals surface area contributed by atoms with Gasteiger partial charge in [-0.15, -0.1) is 11.3 Å². The van der Waals surface area contributed by atoms with Gasteiger partial charge < -0.3 is 4.74 Å². The Hall–Kier alpha value is -2.97. The maximum atomic E-state index is 12.2. The zero-order valence-electron chi connectivity index (χ0n) is 13.0. The van der Waals surface area contributed by atoms with E-state index in [1.165, 1.54) is 30.5 Å². The number of hydrogen-bond donors (Lipinski definition) is 2. The first kappa shape index (κ1) is 18.4. The lowest BCUT2D eigenvalue weighted by atomic mass is 10.3. The lowest BCUT2D eigenvalue weighted by molar-refractivity contribution is -0.134. The van der Waals surface area contributed by atoms with Gasteiger partial charge in [0.05, 0.1) is 17.2 Å². The van der Waals surface area contributed by atoms with Crippen LogP contribution >= 0.6 is 11.3 Å². The van der Waals surface area contributed by atoms with Crippen molar-refractivity contribution in [2.75, 3.05) is 16.8 Å². The first-order chi connectivity index (χ1) is 12.0. The fraction of sp³-hybridized carbons (Fsp3) is 0.143. The minimum absolute atomic E-state index is 0.0307. The number of carbonyl (C=O) groups excluding carboxylic acids is 1. The van der Waals surface area contributed by atoms with Crippen LogP contribution in [0, 0.1) is 11.3 Å². The normalized spacial score (nSPS) is 11.4. The van der Waals surface area contributed by atoms with Crippen molar-refractivity contribution >= 4 is 43.9 Å². The fourth-order valence-electron chi connectivity index (χ4n) is 1.59. The number of nitrogens with zero attached hydrogens (tertiary/aromatic N) is 3. The highest BCUT2D eigenvalue weighted by molar-refractivity contribution is 7.93. The lowest BCUT2D eigenvalue weighted by Gasteiger charge is -2.06. The lowest BCUT2D eigenvalue weighted by Crippen LogP contribution is -2.17. The van der Waals surface area contributed by atoms with Crippen LogP contribution in [-0.4, -0.2) is 31.7 Å². The molecule has 0 amide bonds. The van der Waals surface area contributed by atoms with E-state index >= 15 is 0 Å². The molecule has 0 unspecified atom stereocenters. The monoisotopic (exact) mass is 379 g/mol. The summed E-state index contributed by atoms with van der Waals surface area (Å²) in [5, 5.41) is 14.4. The van der Waals surface area contributed by atoms with Crippen molar-refractivity contribution in [1.29, 1.82) is 5.26 Å². The summed E-state index contributed by atoms with van der Waals surface area (Å²) in [4.78, 5) is 15.3. The van der Waals surface area contributed by atoms with Crippen LogP contribution in [0.1, 0.15) is 6.92 Å². The number of esters is 1. The predicted octanol–water partition coefficient (Wildman–Crippen LogP) is 1.80. The highest BCUT2D eigenvalue weighted by atomic mass is 32.2. The van der Waals surface area contributed by atoms with E-state index in [9.17, 15) is 13.2 Å². The molecule has 0 bridgehead atoms. The van der Waals surface area contributed by atoms with Gasteiger partial charge in [0.25, 0.3) is 10.0 Å². The van der Waals surface area contributed by atoms with Gasteiger partial charge in [0.1, 0.15) is 6.07 Å². The van der Waals surface area contributed by atoms with Crippen molar-refractivity contribution < 1.29 is 17.9 Å². The smallest absolute Gasteiger partial charge is 0.369 e. The number of benzene rings is 1. The van der Waals surface area contributed by atoms with E-state index in [2.05, 4.69) is 25.0 Å². The molecule has 0 fully saturated rings. The molecule has 130 valence electrons. The Balaban J connectivity index is 2.09. The molecular formula is C14H13N5O4S2. The summed E-state index contributed by atoms with van der Waals surface area (Å²) in [6.45, 7) is 1.73. The van der Waals surface area contributed by atoms with Gasteiger partial charge in [-0.1, -0.05) is 0 Å². The molecule has 2 aromatic rings. The number of nitriles is 1. The summed E-state index contributed by atoms with van der Waals surface area (Å²) in [6.07, 6.45) is 1.49. The van der Waals surface area contributed by atoms with Crippen molar-refractivity contribution in [3.05, 3.63) is 35.8 Å². The summed E-state index contributed by atoms with van der Waals surface area (Å²) in [5.74, 6) is -0.843. The SMILES string of the molecule is CCOC(=O)C(C#N)=NNc1ccc(S(=O)(=O)Nc2nccs2)cc1. The molecule has 2 rings (SSSR count). The van der Waals surface area contributed by atoms with Gasteiger partial charge in [-0.3, -0.25) is 10.1 Å². The molecule has 1 heterocycles. The molecule has 0 aliphatic heterocycles. The van der Waals surface area contributed by atoms with Crippen molar-refractivity contribution in [3.63, 3.8) is 0 Å². The molecule has 1 aromatic carbocycles.